The summed E-state index contributed by atoms with van der Waals surface area (Å²) in [5.74, 6) is -0.0475. The fourth-order valence-electron chi connectivity index (χ4n) is 2.89. The number of nitrogens with zero attached hydrogens (tertiary/aromatic N) is 3. The summed E-state index contributed by atoms with van der Waals surface area (Å²) in [6.45, 7) is 7.17. The van der Waals surface area contributed by atoms with Crippen molar-refractivity contribution in [3.63, 3.8) is 0 Å². The van der Waals surface area contributed by atoms with Crippen LogP contribution in [-0.2, 0) is 5.41 Å². The molecule has 122 valence electrons. The molecule has 1 aliphatic heterocycles. The van der Waals surface area contributed by atoms with Crippen LogP contribution in [0, 0.1) is 0 Å². The van der Waals surface area contributed by atoms with E-state index in [1.165, 1.54) is 0 Å². The van der Waals surface area contributed by atoms with Crippen molar-refractivity contribution in [1.29, 1.82) is 0 Å². The summed E-state index contributed by atoms with van der Waals surface area (Å²) in [7, 11) is 0. The van der Waals surface area contributed by atoms with Gasteiger partial charge in [0.15, 0.2) is 0 Å². The molecule has 3 rings (SSSR count). The largest absolute Gasteiger partial charge is 0.391 e. The SMILES string of the molecule is CC(C)(C)c1nn(-c2ccccc2)cc1C(=O)N1CC[C@H](O)C1. The number of rotatable bonds is 2. The van der Waals surface area contributed by atoms with Crippen molar-refractivity contribution in [3.05, 3.63) is 47.8 Å². The molecule has 5 heteroatoms. The number of carbonyl (C=O) groups excluding carboxylic acids is 1. The van der Waals surface area contributed by atoms with E-state index in [2.05, 4.69) is 25.9 Å². The van der Waals surface area contributed by atoms with E-state index in [0.29, 0.717) is 25.1 Å². The molecule has 2 aromatic rings. The average Bonchev–Trinajstić information content (AvgIpc) is 3.13. The smallest absolute Gasteiger partial charge is 0.257 e. The number of hydrogen-bond acceptors (Lipinski definition) is 3. The van der Waals surface area contributed by atoms with Crippen molar-refractivity contribution in [2.75, 3.05) is 13.1 Å². The zero-order valence-electron chi connectivity index (χ0n) is 13.9. The Kier molecular flexibility index (Phi) is 3.98. The molecule has 1 amide bonds. The molecule has 1 fully saturated rings. The molecule has 0 bridgehead atoms. The molecule has 1 aromatic carbocycles. The first kappa shape index (κ1) is 15.7. The van der Waals surface area contributed by atoms with Crippen LogP contribution in [0.1, 0.15) is 43.2 Å². The molecule has 1 aromatic heterocycles. The molecule has 1 atom stereocenters. The number of carbonyl (C=O) groups is 1. The summed E-state index contributed by atoms with van der Waals surface area (Å²) in [6, 6.07) is 9.79. The summed E-state index contributed by atoms with van der Waals surface area (Å²) in [5.41, 5.74) is 2.10. The van der Waals surface area contributed by atoms with Gasteiger partial charge in [-0.15, -0.1) is 0 Å². The Morgan fingerprint density at radius 1 is 1.26 bits per heavy atom. The second-order valence-corrected chi connectivity index (χ2v) is 7.12. The van der Waals surface area contributed by atoms with Gasteiger partial charge in [-0.05, 0) is 18.6 Å². The van der Waals surface area contributed by atoms with E-state index < -0.39 is 6.10 Å². The van der Waals surface area contributed by atoms with Crippen LogP contribution in [-0.4, -0.2) is 44.9 Å². The average molecular weight is 313 g/mol. The van der Waals surface area contributed by atoms with Crippen LogP contribution < -0.4 is 0 Å². The Hall–Kier alpha value is -2.14. The predicted octanol–water partition coefficient (Wildman–Crippen LogP) is 2.38. The standard InChI is InChI=1S/C18H23N3O2/c1-18(2,3)16-15(17(23)20-10-9-14(22)11-20)12-21(19-16)13-7-5-4-6-8-13/h4-8,12,14,22H,9-11H2,1-3H3/t14-/m0/s1. The van der Waals surface area contributed by atoms with Gasteiger partial charge in [0.05, 0.1) is 23.0 Å². The highest BCUT2D eigenvalue weighted by Gasteiger charge is 2.32. The zero-order chi connectivity index (χ0) is 16.6. The maximum atomic E-state index is 12.9. The minimum Gasteiger partial charge on any atom is -0.391 e. The Morgan fingerprint density at radius 3 is 2.52 bits per heavy atom. The zero-order valence-corrected chi connectivity index (χ0v) is 13.9. The van der Waals surface area contributed by atoms with Gasteiger partial charge < -0.3 is 10.0 Å². The van der Waals surface area contributed by atoms with Gasteiger partial charge in [0, 0.05) is 24.7 Å². The molecule has 0 spiro atoms. The second-order valence-electron chi connectivity index (χ2n) is 7.12. The second kappa shape index (κ2) is 5.81. The van der Waals surface area contributed by atoms with Crippen molar-refractivity contribution >= 4 is 5.91 Å². The van der Waals surface area contributed by atoms with Crippen molar-refractivity contribution in [2.45, 2.75) is 38.7 Å². The quantitative estimate of drug-likeness (QED) is 0.926. The first-order valence-electron chi connectivity index (χ1n) is 7.99. The lowest BCUT2D eigenvalue weighted by Crippen LogP contribution is -2.31. The normalized spacial score (nSPS) is 18.4. The number of aliphatic hydroxyl groups excluding tert-OH is 1. The van der Waals surface area contributed by atoms with Crippen LogP contribution in [0.2, 0.25) is 0 Å². The van der Waals surface area contributed by atoms with E-state index in [-0.39, 0.29) is 11.3 Å². The highest BCUT2D eigenvalue weighted by Crippen LogP contribution is 2.27. The van der Waals surface area contributed by atoms with E-state index in [4.69, 9.17) is 0 Å². The number of aliphatic hydroxyl groups is 1. The third-order valence-electron chi connectivity index (χ3n) is 4.13. The van der Waals surface area contributed by atoms with Crippen molar-refractivity contribution in [2.24, 2.45) is 0 Å². The fourth-order valence-corrected chi connectivity index (χ4v) is 2.89. The highest BCUT2D eigenvalue weighted by atomic mass is 16.3. The first-order chi connectivity index (χ1) is 10.9. The molecule has 5 nitrogen and oxygen atoms in total. The van der Waals surface area contributed by atoms with Crippen LogP contribution in [0.25, 0.3) is 5.69 Å². The maximum Gasteiger partial charge on any atom is 0.257 e. The van der Waals surface area contributed by atoms with Crippen LogP contribution in [0.5, 0.6) is 0 Å². The monoisotopic (exact) mass is 313 g/mol. The molecule has 0 unspecified atom stereocenters. The Bertz CT molecular complexity index is 701. The lowest BCUT2D eigenvalue weighted by molar-refractivity contribution is 0.0762. The molecule has 0 saturated carbocycles. The summed E-state index contributed by atoms with van der Waals surface area (Å²) < 4.78 is 1.76. The van der Waals surface area contributed by atoms with Crippen LogP contribution >= 0.6 is 0 Å². The maximum absolute atomic E-state index is 12.9. The number of β-amino-alcohol motifs (C(OH)–C–C–N with tert-alkyl or cyclic N) is 1. The van der Waals surface area contributed by atoms with Gasteiger partial charge in [0.2, 0.25) is 0 Å². The number of aromatic nitrogens is 2. The summed E-state index contributed by atoms with van der Waals surface area (Å²) in [6.07, 6.45) is 2.04. The van der Waals surface area contributed by atoms with Crippen molar-refractivity contribution in [1.82, 2.24) is 14.7 Å². The van der Waals surface area contributed by atoms with E-state index in [9.17, 15) is 9.90 Å². The van der Waals surface area contributed by atoms with Crippen LogP contribution in [0.4, 0.5) is 0 Å². The molecule has 1 aliphatic rings. The van der Waals surface area contributed by atoms with Gasteiger partial charge >= 0.3 is 0 Å². The first-order valence-corrected chi connectivity index (χ1v) is 7.99. The summed E-state index contributed by atoms with van der Waals surface area (Å²) >= 11 is 0. The molecule has 1 saturated heterocycles. The Balaban J connectivity index is 2.01. The van der Waals surface area contributed by atoms with Crippen LogP contribution in [0.3, 0.4) is 0 Å². The predicted molar refractivity (Wildman–Crippen MR) is 88.8 cm³/mol. The topological polar surface area (TPSA) is 58.4 Å². The highest BCUT2D eigenvalue weighted by molar-refractivity contribution is 5.95. The van der Waals surface area contributed by atoms with Gasteiger partial charge in [0.1, 0.15) is 0 Å². The molecule has 2 heterocycles. The minimum atomic E-state index is -0.416. The van der Waals surface area contributed by atoms with E-state index in [0.717, 1.165) is 11.4 Å². The van der Waals surface area contributed by atoms with Gasteiger partial charge in [-0.25, -0.2) is 4.68 Å². The van der Waals surface area contributed by atoms with E-state index >= 15 is 0 Å². The number of para-hydroxylation sites is 1. The lowest BCUT2D eigenvalue weighted by Gasteiger charge is -2.20. The van der Waals surface area contributed by atoms with Crippen molar-refractivity contribution < 1.29 is 9.90 Å². The molecule has 0 radical (unpaired) electrons. The Labute approximate surface area is 136 Å². The minimum absolute atomic E-state index is 0.0475. The van der Waals surface area contributed by atoms with Crippen molar-refractivity contribution in [3.8, 4) is 5.69 Å². The summed E-state index contributed by atoms with van der Waals surface area (Å²) in [5, 5.41) is 14.4. The molecule has 23 heavy (non-hydrogen) atoms. The number of likely N-dealkylation sites (tertiary alicyclic amines) is 1. The number of benzene rings is 1. The third-order valence-corrected chi connectivity index (χ3v) is 4.13. The van der Waals surface area contributed by atoms with Crippen LogP contribution in [0.15, 0.2) is 36.5 Å². The lowest BCUT2D eigenvalue weighted by atomic mass is 9.89. The number of hydrogen-bond donors (Lipinski definition) is 1. The van der Waals surface area contributed by atoms with E-state index in [1.807, 2.05) is 36.5 Å². The Morgan fingerprint density at radius 2 is 1.96 bits per heavy atom. The van der Waals surface area contributed by atoms with Gasteiger partial charge in [-0.3, -0.25) is 4.79 Å². The van der Waals surface area contributed by atoms with E-state index in [1.54, 1.807) is 9.58 Å². The molecular formula is C18H23N3O2. The molecular weight excluding hydrogens is 290 g/mol. The number of amides is 1. The van der Waals surface area contributed by atoms with Gasteiger partial charge in [-0.1, -0.05) is 39.0 Å². The summed E-state index contributed by atoms with van der Waals surface area (Å²) in [4.78, 5) is 14.6. The van der Waals surface area contributed by atoms with Gasteiger partial charge in [0.25, 0.3) is 5.91 Å². The molecule has 1 N–H and O–H groups in total. The third kappa shape index (κ3) is 3.15. The fraction of sp³-hybridized carbons (Fsp3) is 0.444. The van der Waals surface area contributed by atoms with Gasteiger partial charge in [-0.2, -0.15) is 5.10 Å². The molecule has 0 aliphatic carbocycles.